The third-order valence-electron chi connectivity index (χ3n) is 5.77. The second-order valence-corrected chi connectivity index (χ2v) is 8.06. The molecule has 170 valence electrons. The van der Waals surface area contributed by atoms with Gasteiger partial charge in [-0.2, -0.15) is 0 Å². The number of hydrogen-bond donors (Lipinski definition) is 3. The fourth-order valence-electron chi connectivity index (χ4n) is 4.04. The molecular weight excluding hydrogens is 414 g/mol. The van der Waals surface area contributed by atoms with Crippen LogP contribution in [0.5, 0.6) is 0 Å². The van der Waals surface area contributed by atoms with E-state index < -0.39 is 0 Å². The predicted molar refractivity (Wildman–Crippen MR) is 132 cm³/mol. The monoisotopic (exact) mass is 443 g/mol. The molecule has 1 aliphatic heterocycles. The van der Waals surface area contributed by atoms with Crippen molar-refractivity contribution in [2.24, 2.45) is 0 Å². The van der Waals surface area contributed by atoms with Crippen LogP contribution < -0.4 is 20.9 Å². The van der Waals surface area contributed by atoms with Crippen LogP contribution in [0.25, 0.3) is 0 Å². The number of hydrogen-bond acceptors (Lipinski definition) is 4. The Labute approximate surface area is 194 Å². The molecule has 3 aromatic rings. The maximum Gasteiger partial charge on any atom is 0.323 e. The molecule has 0 unspecified atom stereocenters. The highest BCUT2D eigenvalue weighted by Crippen LogP contribution is 2.28. The van der Waals surface area contributed by atoms with Gasteiger partial charge in [-0.05, 0) is 60.7 Å². The van der Waals surface area contributed by atoms with Gasteiger partial charge in [0.25, 0.3) is 5.91 Å². The van der Waals surface area contributed by atoms with E-state index in [1.807, 2.05) is 55.5 Å². The van der Waals surface area contributed by atoms with Crippen LogP contribution in [0.15, 0.2) is 67.0 Å². The van der Waals surface area contributed by atoms with Gasteiger partial charge in [0, 0.05) is 49.1 Å². The number of pyridine rings is 1. The van der Waals surface area contributed by atoms with Crippen LogP contribution >= 0.6 is 0 Å². The first-order valence-corrected chi connectivity index (χ1v) is 11.4. The van der Waals surface area contributed by atoms with E-state index in [1.54, 1.807) is 18.5 Å². The van der Waals surface area contributed by atoms with E-state index in [1.165, 1.54) is 0 Å². The topological polar surface area (TPSA) is 86.4 Å². The quantitative estimate of drug-likeness (QED) is 0.489. The summed E-state index contributed by atoms with van der Waals surface area (Å²) in [5, 5.41) is 8.76. The van der Waals surface area contributed by atoms with Crippen molar-refractivity contribution in [1.82, 2.24) is 10.3 Å². The number of aryl methyl sites for hydroxylation is 1. The average molecular weight is 444 g/mol. The summed E-state index contributed by atoms with van der Waals surface area (Å²) in [6.07, 6.45) is 6.47. The number of carbonyl (C=O) groups is 2. The van der Waals surface area contributed by atoms with Crippen LogP contribution in [-0.4, -0.2) is 30.0 Å². The van der Waals surface area contributed by atoms with Crippen molar-refractivity contribution in [3.63, 3.8) is 0 Å². The van der Waals surface area contributed by atoms with Crippen molar-refractivity contribution < 1.29 is 9.59 Å². The number of rotatable bonds is 7. The Balaban J connectivity index is 1.51. The number of carbonyl (C=O) groups excluding carboxylic acids is 2. The van der Waals surface area contributed by atoms with E-state index in [2.05, 4.69) is 25.8 Å². The molecular formula is C26H29N5O2. The number of amides is 3. The zero-order valence-corrected chi connectivity index (χ0v) is 18.8. The van der Waals surface area contributed by atoms with Crippen LogP contribution in [-0.2, 0) is 13.0 Å². The van der Waals surface area contributed by atoms with Crippen molar-refractivity contribution in [2.75, 3.05) is 28.6 Å². The van der Waals surface area contributed by atoms with Gasteiger partial charge in [-0.1, -0.05) is 31.2 Å². The van der Waals surface area contributed by atoms with E-state index in [4.69, 9.17) is 0 Å². The molecule has 1 fully saturated rings. The molecule has 3 amide bonds. The van der Waals surface area contributed by atoms with Crippen molar-refractivity contribution >= 4 is 29.0 Å². The summed E-state index contributed by atoms with van der Waals surface area (Å²) >= 11 is 0. The van der Waals surface area contributed by atoms with Crippen LogP contribution in [0.3, 0.4) is 0 Å². The fraction of sp³-hybridized carbons (Fsp3) is 0.269. The summed E-state index contributed by atoms with van der Waals surface area (Å²) in [5.74, 6) is -0.180. The van der Waals surface area contributed by atoms with Crippen LogP contribution in [0, 0.1) is 0 Å². The van der Waals surface area contributed by atoms with Crippen LogP contribution in [0.2, 0.25) is 0 Å². The van der Waals surface area contributed by atoms with Crippen molar-refractivity contribution in [3.05, 3.63) is 83.7 Å². The molecule has 0 bridgehead atoms. The Morgan fingerprint density at radius 3 is 2.58 bits per heavy atom. The highest BCUT2D eigenvalue weighted by Gasteiger charge is 2.20. The average Bonchev–Trinajstić information content (AvgIpc) is 3.38. The van der Waals surface area contributed by atoms with Gasteiger partial charge >= 0.3 is 6.03 Å². The Morgan fingerprint density at radius 1 is 1.00 bits per heavy atom. The second kappa shape index (κ2) is 10.6. The highest BCUT2D eigenvalue weighted by molar-refractivity contribution is 6.04. The molecule has 7 nitrogen and oxygen atoms in total. The minimum atomic E-state index is -0.341. The maximum atomic E-state index is 13.1. The molecule has 0 radical (unpaired) electrons. The summed E-state index contributed by atoms with van der Waals surface area (Å²) < 4.78 is 0. The lowest BCUT2D eigenvalue weighted by atomic mass is 10.1. The first kappa shape index (κ1) is 22.3. The highest BCUT2D eigenvalue weighted by atomic mass is 16.2. The smallest absolute Gasteiger partial charge is 0.323 e. The first-order valence-electron chi connectivity index (χ1n) is 11.4. The van der Waals surface area contributed by atoms with E-state index in [9.17, 15) is 9.59 Å². The summed E-state index contributed by atoms with van der Waals surface area (Å²) in [4.78, 5) is 32.1. The molecule has 33 heavy (non-hydrogen) atoms. The summed E-state index contributed by atoms with van der Waals surface area (Å²) in [7, 11) is 0. The van der Waals surface area contributed by atoms with Gasteiger partial charge in [-0.15, -0.1) is 0 Å². The molecule has 7 heteroatoms. The number of aromatic nitrogens is 1. The number of benzene rings is 2. The van der Waals surface area contributed by atoms with Crippen molar-refractivity contribution in [3.8, 4) is 0 Å². The maximum absolute atomic E-state index is 13.1. The van der Waals surface area contributed by atoms with Gasteiger partial charge in [0.1, 0.15) is 0 Å². The third-order valence-corrected chi connectivity index (χ3v) is 5.77. The largest absolute Gasteiger partial charge is 0.371 e. The predicted octanol–water partition coefficient (Wildman–Crippen LogP) is 4.82. The standard InChI is InChI=1S/C26H29N5O2/c1-2-20-9-3-4-10-23(20)30-26(33)29-21-11-12-24(31-14-5-6-15-31)22(16-21)25(32)28-18-19-8-7-13-27-17-19/h3-4,7-13,16-17H,2,5-6,14-15,18H2,1H3,(H,28,32)(H2,29,30,33). The number of para-hydroxylation sites is 1. The lowest BCUT2D eigenvalue weighted by Gasteiger charge is -2.22. The molecule has 1 aliphatic rings. The van der Waals surface area contributed by atoms with E-state index in [0.29, 0.717) is 17.8 Å². The molecule has 2 heterocycles. The van der Waals surface area contributed by atoms with Crippen molar-refractivity contribution in [1.29, 1.82) is 0 Å². The van der Waals surface area contributed by atoms with Crippen molar-refractivity contribution in [2.45, 2.75) is 32.7 Å². The second-order valence-electron chi connectivity index (χ2n) is 8.06. The van der Waals surface area contributed by atoms with Gasteiger partial charge in [0.15, 0.2) is 0 Å². The molecule has 1 saturated heterocycles. The molecule has 4 rings (SSSR count). The summed E-state index contributed by atoms with van der Waals surface area (Å²) in [5.41, 5.74) is 4.77. The molecule has 2 aromatic carbocycles. The normalized spacial score (nSPS) is 12.9. The van der Waals surface area contributed by atoms with Crippen LogP contribution in [0.1, 0.15) is 41.3 Å². The number of nitrogens with zero attached hydrogens (tertiary/aromatic N) is 2. The molecule has 0 atom stereocenters. The molecule has 1 aromatic heterocycles. The van der Waals surface area contributed by atoms with Gasteiger partial charge in [-0.3, -0.25) is 9.78 Å². The van der Waals surface area contributed by atoms with E-state index in [-0.39, 0.29) is 11.9 Å². The molecule has 0 spiro atoms. The lowest BCUT2D eigenvalue weighted by molar-refractivity contribution is 0.0951. The van der Waals surface area contributed by atoms with Gasteiger partial charge in [0.05, 0.1) is 5.56 Å². The number of nitrogens with one attached hydrogen (secondary N) is 3. The minimum absolute atomic E-state index is 0.180. The zero-order valence-electron chi connectivity index (χ0n) is 18.8. The van der Waals surface area contributed by atoms with Gasteiger partial charge in [-0.25, -0.2) is 4.79 Å². The molecule has 0 aliphatic carbocycles. The zero-order chi connectivity index (χ0) is 23.0. The molecule has 0 saturated carbocycles. The molecule has 3 N–H and O–H groups in total. The van der Waals surface area contributed by atoms with Crippen LogP contribution in [0.4, 0.5) is 21.9 Å². The first-order chi connectivity index (χ1) is 16.1. The lowest BCUT2D eigenvalue weighted by Crippen LogP contribution is -2.28. The van der Waals surface area contributed by atoms with E-state index in [0.717, 1.165) is 54.9 Å². The van der Waals surface area contributed by atoms with Gasteiger partial charge < -0.3 is 20.9 Å². The Kier molecular flexibility index (Phi) is 7.19. The number of anilines is 3. The number of urea groups is 1. The SMILES string of the molecule is CCc1ccccc1NC(=O)Nc1ccc(N2CCCC2)c(C(=O)NCc2cccnc2)c1. The summed E-state index contributed by atoms with van der Waals surface area (Å²) in [6.45, 7) is 4.28. The summed E-state index contributed by atoms with van der Waals surface area (Å²) in [6, 6.07) is 16.7. The third kappa shape index (κ3) is 5.68. The minimum Gasteiger partial charge on any atom is -0.371 e. The Hall–Kier alpha value is -3.87. The fourth-order valence-corrected chi connectivity index (χ4v) is 4.04. The Morgan fingerprint density at radius 2 is 1.82 bits per heavy atom. The van der Waals surface area contributed by atoms with E-state index >= 15 is 0 Å². The Bertz CT molecular complexity index is 1110. The van der Waals surface area contributed by atoms with Gasteiger partial charge in [0.2, 0.25) is 0 Å².